The number of aryl methyl sites for hydroxylation is 2. The van der Waals surface area contributed by atoms with E-state index in [-0.39, 0.29) is 17.6 Å². The van der Waals surface area contributed by atoms with Gasteiger partial charge in [-0.2, -0.15) is 0 Å². The molecular formula is C25H29N7O2. The summed E-state index contributed by atoms with van der Waals surface area (Å²) < 4.78 is 3.52. The highest BCUT2D eigenvalue weighted by molar-refractivity contribution is 6.00. The van der Waals surface area contributed by atoms with Crippen LogP contribution in [0.5, 0.6) is 0 Å². The highest BCUT2D eigenvalue weighted by Crippen LogP contribution is 2.30. The summed E-state index contributed by atoms with van der Waals surface area (Å²) in [6.45, 7) is 3.62. The van der Waals surface area contributed by atoms with Crippen molar-refractivity contribution in [3.8, 4) is 11.3 Å². The van der Waals surface area contributed by atoms with Crippen LogP contribution >= 0.6 is 0 Å². The standard InChI is InChI=1S/C25H29N7O2/c1-16-5-6-17(13-26-16)19-7-8-20-23(28-19)24-21(14-27-20)30(4)25(34)32(24)18-9-11-31(12-10-18)22(33)15-29(2)3/h5-8,13-14,18H,9-12,15H2,1-4H3. The summed E-state index contributed by atoms with van der Waals surface area (Å²) in [6.07, 6.45) is 5.02. The van der Waals surface area contributed by atoms with Gasteiger partial charge in [0.25, 0.3) is 0 Å². The molecule has 0 spiro atoms. The third-order valence-electron chi connectivity index (χ3n) is 6.60. The zero-order valence-corrected chi connectivity index (χ0v) is 20.0. The van der Waals surface area contributed by atoms with Gasteiger partial charge >= 0.3 is 5.69 Å². The molecular weight excluding hydrogens is 430 g/mol. The normalized spacial score (nSPS) is 15.0. The van der Waals surface area contributed by atoms with Crippen molar-refractivity contribution >= 4 is 28.0 Å². The van der Waals surface area contributed by atoms with Crippen molar-refractivity contribution in [1.29, 1.82) is 0 Å². The summed E-state index contributed by atoms with van der Waals surface area (Å²) in [7, 11) is 5.57. The van der Waals surface area contributed by atoms with Crippen molar-refractivity contribution in [2.45, 2.75) is 25.8 Å². The number of carbonyl (C=O) groups is 1. The summed E-state index contributed by atoms with van der Waals surface area (Å²) in [6, 6.07) is 7.85. The van der Waals surface area contributed by atoms with E-state index in [1.54, 1.807) is 17.8 Å². The number of hydrogen-bond donors (Lipinski definition) is 0. The molecule has 1 amide bonds. The number of amides is 1. The average molecular weight is 460 g/mol. The number of rotatable bonds is 4. The van der Waals surface area contributed by atoms with Gasteiger partial charge < -0.3 is 9.80 Å². The van der Waals surface area contributed by atoms with Gasteiger partial charge in [-0.3, -0.25) is 23.9 Å². The molecule has 9 nitrogen and oxygen atoms in total. The van der Waals surface area contributed by atoms with Crippen LogP contribution in [0.25, 0.3) is 33.3 Å². The lowest BCUT2D eigenvalue weighted by Crippen LogP contribution is -2.44. The van der Waals surface area contributed by atoms with Crippen LogP contribution in [-0.2, 0) is 11.8 Å². The van der Waals surface area contributed by atoms with E-state index < -0.39 is 0 Å². The Morgan fingerprint density at radius 1 is 1.09 bits per heavy atom. The van der Waals surface area contributed by atoms with E-state index in [1.807, 2.05) is 65.8 Å². The molecule has 4 aromatic rings. The number of piperidine rings is 1. The fraction of sp³-hybridized carbons (Fsp3) is 0.400. The van der Waals surface area contributed by atoms with E-state index >= 15 is 0 Å². The number of fused-ring (bicyclic) bond motifs is 3. The largest absolute Gasteiger partial charge is 0.341 e. The maximum atomic E-state index is 13.4. The minimum atomic E-state index is -0.0772. The molecule has 1 saturated heterocycles. The van der Waals surface area contributed by atoms with E-state index in [9.17, 15) is 9.59 Å². The van der Waals surface area contributed by atoms with Crippen molar-refractivity contribution in [2.24, 2.45) is 7.05 Å². The topological polar surface area (TPSA) is 89.2 Å². The zero-order chi connectivity index (χ0) is 24.0. The molecule has 4 aromatic heterocycles. The zero-order valence-electron chi connectivity index (χ0n) is 20.0. The Hall–Kier alpha value is -3.59. The molecule has 0 radical (unpaired) electrons. The van der Waals surface area contributed by atoms with Gasteiger partial charge in [0.05, 0.1) is 35.0 Å². The van der Waals surface area contributed by atoms with Gasteiger partial charge in [-0.15, -0.1) is 0 Å². The number of likely N-dealkylation sites (tertiary alicyclic amines) is 1. The highest BCUT2D eigenvalue weighted by Gasteiger charge is 2.28. The molecule has 1 aliphatic heterocycles. The minimum absolute atomic E-state index is 0.00305. The van der Waals surface area contributed by atoms with E-state index in [0.29, 0.717) is 25.2 Å². The number of hydrogen-bond acceptors (Lipinski definition) is 6. The molecule has 176 valence electrons. The number of nitrogens with zero attached hydrogens (tertiary/aromatic N) is 7. The number of aromatic nitrogens is 5. The first kappa shape index (κ1) is 22.2. The summed E-state index contributed by atoms with van der Waals surface area (Å²) in [5.74, 6) is 0.126. The minimum Gasteiger partial charge on any atom is -0.341 e. The lowest BCUT2D eigenvalue weighted by atomic mass is 10.0. The lowest BCUT2D eigenvalue weighted by molar-refractivity contribution is -0.133. The maximum Gasteiger partial charge on any atom is 0.329 e. The third-order valence-corrected chi connectivity index (χ3v) is 6.60. The summed E-state index contributed by atoms with van der Waals surface area (Å²) in [5.41, 5.74) is 5.59. The Kier molecular flexibility index (Phi) is 5.65. The summed E-state index contributed by atoms with van der Waals surface area (Å²) in [5, 5.41) is 0. The summed E-state index contributed by atoms with van der Waals surface area (Å²) >= 11 is 0. The number of pyridine rings is 3. The molecule has 5 rings (SSSR count). The molecule has 0 aromatic carbocycles. The van der Waals surface area contributed by atoms with Crippen LogP contribution in [0.2, 0.25) is 0 Å². The van der Waals surface area contributed by atoms with Gasteiger partial charge in [0.15, 0.2) is 0 Å². The number of likely N-dealkylation sites (N-methyl/N-ethyl adjacent to an activating group) is 1. The lowest BCUT2D eigenvalue weighted by Gasteiger charge is -2.33. The Balaban J connectivity index is 1.57. The molecule has 0 N–H and O–H groups in total. The first-order valence-electron chi connectivity index (χ1n) is 11.6. The SMILES string of the molecule is Cc1ccc(-c2ccc3ncc4c(c3n2)n(C2CCN(C(=O)CN(C)C)CC2)c(=O)n4C)cn1. The molecule has 1 fully saturated rings. The maximum absolute atomic E-state index is 13.4. The van der Waals surface area contributed by atoms with E-state index in [1.165, 1.54) is 0 Å². The fourth-order valence-corrected chi connectivity index (χ4v) is 4.75. The van der Waals surface area contributed by atoms with Crippen LogP contribution in [-0.4, -0.2) is 73.5 Å². The highest BCUT2D eigenvalue weighted by atomic mass is 16.2. The number of imidazole rings is 1. The van der Waals surface area contributed by atoms with Gasteiger partial charge in [0.2, 0.25) is 5.91 Å². The molecule has 0 saturated carbocycles. The van der Waals surface area contributed by atoms with Gasteiger partial charge in [0, 0.05) is 43.6 Å². The van der Waals surface area contributed by atoms with Crippen LogP contribution < -0.4 is 5.69 Å². The Bertz CT molecular complexity index is 1430. The average Bonchev–Trinajstić information content (AvgIpc) is 3.09. The Morgan fingerprint density at radius 2 is 1.85 bits per heavy atom. The number of carbonyl (C=O) groups excluding carboxylic acids is 1. The van der Waals surface area contributed by atoms with Gasteiger partial charge in [-0.25, -0.2) is 9.78 Å². The Labute approximate surface area is 197 Å². The van der Waals surface area contributed by atoms with E-state index in [0.717, 1.165) is 46.3 Å². The predicted octanol–water partition coefficient (Wildman–Crippen LogP) is 2.38. The van der Waals surface area contributed by atoms with Gasteiger partial charge in [-0.1, -0.05) is 0 Å². The quantitative estimate of drug-likeness (QED) is 0.466. The van der Waals surface area contributed by atoms with Gasteiger partial charge in [-0.05, 0) is 58.1 Å². The van der Waals surface area contributed by atoms with Crippen molar-refractivity contribution in [2.75, 3.05) is 33.7 Å². The molecule has 0 unspecified atom stereocenters. The predicted molar refractivity (Wildman–Crippen MR) is 132 cm³/mol. The van der Waals surface area contributed by atoms with Crippen LogP contribution in [0.15, 0.2) is 41.5 Å². The third kappa shape index (κ3) is 3.86. The van der Waals surface area contributed by atoms with Crippen molar-refractivity contribution in [1.82, 2.24) is 33.9 Å². The molecule has 0 bridgehead atoms. The van der Waals surface area contributed by atoms with E-state index in [4.69, 9.17) is 4.98 Å². The molecule has 9 heteroatoms. The first-order chi connectivity index (χ1) is 16.3. The smallest absolute Gasteiger partial charge is 0.329 e. The monoisotopic (exact) mass is 459 g/mol. The second kappa shape index (κ2) is 8.64. The molecule has 0 atom stereocenters. The summed E-state index contributed by atoms with van der Waals surface area (Å²) in [4.78, 5) is 43.5. The van der Waals surface area contributed by atoms with Gasteiger partial charge in [0.1, 0.15) is 5.52 Å². The van der Waals surface area contributed by atoms with Crippen LogP contribution in [0, 0.1) is 6.92 Å². The first-order valence-corrected chi connectivity index (χ1v) is 11.6. The van der Waals surface area contributed by atoms with Crippen LogP contribution in [0.1, 0.15) is 24.6 Å². The fourth-order valence-electron chi connectivity index (χ4n) is 4.75. The second-order valence-electron chi connectivity index (χ2n) is 9.31. The van der Waals surface area contributed by atoms with E-state index in [2.05, 4.69) is 9.97 Å². The van der Waals surface area contributed by atoms with Crippen molar-refractivity contribution in [3.63, 3.8) is 0 Å². The molecule has 1 aliphatic rings. The molecule has 5 heterocycles. The van der Waals surface area contributed by atoms with Crippen LogP contribution in [0.4, 0.5) is 0 Å². The van der Waals surface area contributed by atoms with Crippen LogP contribution in [0.3, 0.4) is 0 Å². The second-order valence-corrected chi connectivity index (χ2v) is 9.31. The van der Waals surface area contributed by atoms with Crippen molar-refractivity contribution in [3.05, 3.63) is 52.8 Å². The Morgan fingerprint density at radius 3 is 2.53 bits per heavy atom. The van der Waals surface area contributed by atoms with Crippen molar-refractivity contribution < 1.29 is 4.79 Å². The molecule has 0 aliphatic carbocycles. The molecule has 34 heavy (non-hydrogen) atoms.